The van der Waals surface area contributed by atoms with E-state index in [0.717, 1.165) is 12.2 Å². The molecule has 0 saturated heterocycles. The highest BCUT2D eigenvalue weighted by molar-refractivity contribution is 5.28. The molecule has 0 N–H and O–H groups in total. The van der Waals surface area contributed by atoms with Gasteiger partial charge in [-0.05, 0) is 56.2 Å². The molecule has 0 spiro atoms. The lowest BCUT2D eigenvalue weighted by atomic mass is 10.0. The first-order chi connectivity index (χ1) is 12.4. The molecule has 1 aromatic carbocycles. The summed E-state index contributed by atoms with van der Waals surface area (Å²) in [5, 5.41) is 0. The normalized spacial score (nSPS) is 11.1. The Morgan fingerprint density at radius 2 is 1.56 bits per heavy atom. The molecule has 1 heteroatoms. The molecular weight excluding hydrogens is 304 g/mol. The van der Waals surface area contributed by atoms with Gasteiger partial charge in [0.25, 0.3) is 0 Å². The first-order valence-electron chi connectivity index (χ1n) is 10.3. The zero-order chi connectivity index (χ0) is 18.0. The maximum atomic E-state index is 5.59. The van der Waals surface area contributed by atoms with Crippen LogP contribution in [0.25, 0.3) is 0 Å². The van der Waals surface area contributed by atoms with Gasteiger partial charge in [-0.25, -0.2) is 0 Å². The number of ether oxygens (including phenoxy) is 1. The Balaban J connectivity index is 1.96. The molecule has 1 rings (SSSR count). The fourth-order valence-electron chi connectivity index (χ4n) is 2.99. The highest BCUT2D eigenvalue weighted by Gasteiger charge is 1.97. The molecule has 0 aliphatic carbocycles. The average Bonchev–Trinajstić information content (AvgIpc) is 2.64. The van der Waals surface area contributed by atoms with Crippen molar-refractivity contribution in [2.75, 3.05) is 6.61 Å². The van der Waals surface area contributed by atoms with E-state index < -0.39 is 0 Å². The van der Waals surface area contributed by atoms with E-state index in [2.05, 4.69) is 43.9 Å². The fraction of sp³-hybridized carbons (Fsp3) is 0.583. The average molecular weight is 343 g/mol. The molecule has 0 fully saturated rings. The van der Waals surface area contributed by atoms with E-state index in [9.17, 15) is 0 Å². The topological polar surface area (TPSA) is 9.23 Å². The van der Waals surface area contributed by atoms with Crippen molar-refractivity contribution in [2.24, 2.45) is 0 Å². The van der Waals surface area contributed by atoms with Gasteiger partial charge in [-0.3, -0.25) is 0 Å². The van der Waals surface area contributed by atoms with Gasteiger partial charge in [-0.1, -0.05) is 82.4 Å². The van der Waals surface area contributed by atoms with Gasteiger partial charge in [0.15, 0.2) is 0 Å². The van der Waals surface area contributed by atoms with Gasteiger partial charge in [-0.15, -0.1) is 0 Å². The summed E-state index contributed by atoms with van der Waals surface area (Å²) in [5.74, 6) is 0.957. The lowest BCUT2D eigenvalue weighted by Crippen LogP contribution is -1.94. The third kappa shape index (κ3) is 12.5. The Hall–Kier alpha value is -1.50. The summed E-state index contributed by atoms with van der Waals surface area (Å²) in [6.45, 7) is 6.53. The minimum absolute atomic E-state index is 0.580. The quantitative estimate of drug-likeness (QED) is 0.221. The van der Waals surface area contributed by atoms with Gasteiger partial charge in [0.1, 0.15) is 12.4 Å². The van der Waals surface area contributed by atoms with Crippen LogP contribution in [-0.4, -0.2) is 6.61 Å². The van der Waals surface area contributed by atoms with Crippen molar-refractivity contribution < 1.29 is 4.74 Å². The van der Waals surface area contributed by atoms with Crippen LogP contribution in [-0.2, 0) is 6.42 Å². The molecule has 0 aliphatic heterocycles. The predicted octanol–water partition coefficient (Wildman–Crippen LogP) is 7.66. The van der Waals surface area contributed by atoms with E-state index in [1.807, 2.05) is 6.07 Å². The van der Waals surface area contributed by atoms with Gasteiger partial charge < -0.3 is 4.74 Å². The van der Waals surface area contributed by atoms with Crippen LogP contribution in [0.15, 0.2) is 49.1 Å². The molecule has 0 bridgehead atoms. The summed E-state index contributed by atoms with van der Waals surface area (Å²) in [6, 6.07) is 8.47. The SMILES string of the molecule is C=CCOc1cccc(CCCCCCC/C=C\CCCCCC)c1. The molecule has 0 aliphatic rings. The highest BCUT2D eigenvalue weighted by Crippen LogP contribution is 2.16. The molecule has 0 atom stereocenters. The lowest BCUT2D eigenvalue weighted by molar-refractivity contribution is 0.363. The van der Waals surface area contributed by atoms with E-state index >= 15 is 0 Å². The number of unbranched alkanes of at least 4 members (excludes halogenated alkanes) is 9. The molecular formula is C24H38O. The maximum absolute atomic E-state index is 5.59. The van der Waals surface area contributed by atoms with Crippen molar-refractivity contribution in [3.63, 3.8) is 0 Å². The van der Waals surface area contributed by atoms with E-state index in [-0.39, 0.29) is 0 Å². The Kier molecular flexibility index (Phi) is 13.8. The van der Waals surface area contributed by atoms with Crippen molar-refractivity contribution in [1.82, 2.24) is 0 Å². The zero-order valence-electron chi connectivity index (χ0n) is 16.3. The van der Waals surface area contributed by atoms with Crippen LogP contribution >= 0.6 is 0 Å². The van der Waals surface area contributed by atoms with Gasteiger partial charge in [-0.2, -0.15) is 0 Å². The molecule has 0 radical (unpaired) electrons. The minimum atomic E-state index is 0.580. The first kappa shape index (κ1) is 21.5. The van der Waals surface area contributed by atoms with E-state index in [4.69, 9.17) is 4.74 Å². The largest absolute Gasteiger partial charge is 0.490 e. The molecule has 25 heavy (non-hydrogen) atoms. The van der Waals surface area contributed by atoms with Crippen LogP contribution in [0.4, 0.5) is 0 Å². The number of benzene rings is 1. The van der Waals surface area contributed by atoms with Crippen LogP contribution in [0, 0.1) is 0 Å². The molecule has 140 valence electrons. The Morgan fingerprint density at radius 3 is 2.28 bits per heavy atom. The number of allylic oxidation sites excluding steroid dienone is 2. The summed E-state index contributed by atoms with van der Waals surface area (Å²) in [6.07, 6.45) is 22.4. The molecule has 0 amide bonds. The second kappa shape index (κ2) is 16.0. The summed E-state index contributed by atoms with van der Waals surface area (Å²) in [4.78, 5) is 0. The summed E-state index contributed by atoms with van der Waals surface area (Å²) in [7, 11) is 0. The summed E-state index contributed by atoms with van der Waals surface area (Å²) < 4.78 is 5.59. The van der Waals surface area contributed by atoms with Crippen LogP contribution in [0.1, 0.15) is 83.1 Å². The van der Waals surface area contributed by atoms with E-state index in [1.165, 1.54) is 76.2 Å². The Labute approximate surface area is 156 Å². The van der Waals surface area contributed by atoms with Gasteiger partial charge in [0, 0.05) is 0 Å². The number of aryl methyl sites for hydroxylation is 1. The van der Waals surface area contributed by atoms with Crippen molar-refractivity contribution >= 4 is 0 Å². The Bertz CT molecular complexity index is 461. The lowest BCUT2D eigenvalue weighted by Gasteiger charge is -2.06. The second-order valence-corrected chi connectivity index (χ2v) is 6.87. The van der Waals surface area contributed by atoms with Crippen molar-refractivity contribution in [1.29, 1.82) is 0 Å². The third-order valence-electron chi connectivity index (χ3n) is 4.49. The summed E-state index contributed by atoms with van der Waals surface area (Å²) >= 11 is 0. The molecule has 0 saturated carbocycles. The molecule has 0 aromatic heterocycles. The monoisotopic (exact) mass is 342 g/mol. The number of rotatable bonds is 16. The van der Waals surface area contributed by atoms with Gasteiger partial charge >= 0.3 is 0 Å². The van der Waals surface area contributed by atoms with Crippen LogP contribution in [0.2, 0.25) is 0 Å². The minimum Gasteiger partial charge on any atom is -0.490 e. The van der Waals surface area contributed by atoms with Gasteiger partial charge in [0.05, 0.1) is 0 Å². The number of hydrogen-bond donors (Lipinski definition) is 0. The van der Waals surface area contributed by atoms with Crippen molar-refractivity contribution in [3.8, 4) is 5.75 Å². The first-order valence-corrected chi connectivity index (χ1v) is 10.3. The Morgan fingerprint density at radius 1 is 0.880 bits per heavy atom. The molecule has 1 nitrogen and oxygen atoms in total. The van der Waals surface area contributed by atoms with Crippen LogP contribution < -0.4 is 4.74 Å². The third-order valence-corrected chi connectivity index (χ3v) is 4.49. The predicted molar refractivity (Wildman–Crippen MR) is 111 cm³/mol. The van der Waals surface area contributed by atoms with Crippen molar-refractivity contribution in [3.05, 3.63) is 54.6 Å². The van der Waals surface area contributed by atoms with E-state index in [0.29, 0.717) is 6.61 Å². The smallest absolute Gasteiger partial charge is 0.120 e. The van der Waals surface area contributed by atoms with Crippen LogP contribution in [0.5, 0.6) is 5.75 Å². The second-order valence-electron chi connectivity index (χ2n) is 6.87. The summed E-state index contributed by atoms with van der Waals surface area (Å²) in [5.41, 5.74) is 1.38. The van der Waals surface area contributed by atoms with Crippen LogP contribution in [0.3, 0.4) is 0 Å². The molecule has 0 unspecified atom stereocenters. The van der Waals surface area contributed by atoms with Crippen molar-refractivity contribution in [2.45, 2.75) is 84.0 Å². The molecule has 1 aromatic rings. The molecule has 0 heterocycles. The standard InChI is InChI=1S/C24H38O/c1-3-5-6-7-8-9-10-11-12-13-14-15-16-18-23-19-17-20-24(22-23)25-21-4-2/h4,9-10,17,19-20,22H,2-3,5-8,11-16,18,21H2,1H3/b10-9-. The van der Waals surface area contributed by atoms with Gasteiger partial charge in [0.2, 0.25) is 0 Å². The van der Waals surface area contributed by atoms with E-state index in [1.54, 1.807) is 6.08 Å². The number of hydrogen-bond acceptors (Lipinski definition) is 1. The fourth-order valence-corrected chi connectivity index (χ4v) is 2.99. The maximum Gasteiger partial charge on any atom is 0.120 e. The zero-order valence-corrected chi connectivity index (χ0v) is 16.3. The highest BCUT2D eigenvalue weighted by atomic mass is 16.5.